The maximum atomic E-state index is 11.9. The molecule has 0 spiro atoms. The SMILES string of the molecule is COc1ccc(C(C)C(=O)NN(C)C)c(OC)c1. The van der Waals surface area contributed by atoms with Crippen LogP contribution in [-0.4, -0.2) is 39.2 Å². The van der Waals surface area contributed by atoms with Crippen molar-refractivity contribution in [1.29, 1.82) is 0 Å². The molecular formula is C13H20N2O3. The molecule has 1 atom stereocenters. The van der Waals surface area contributed by atoms with E-state index in [0.717, 1.165) is 5.56 Å². The molecule has 0 aliphatic rings. The van der Waals surface area contributed by atoms with E-state index in [2.05, 4.69) is 5.43 Å². The Morgan fingerprint density at radius 2 is 1.94 bits per heavy atom. The molecule has 0 radical (unpaired) electrons. The second-order valence-electron chi connectivity index (χ2n) is 4.20. The summed E-state index contributed by atoms with van der Waals surface area (Å²) in [5.74, 6) is 0.975. The van der Waals surface area contributed by atoms with Crippen LogP contribution in [0.2, 0.25) is 0 Å². The summed E-state index contributed by atoms with van der Waals surface area (Å²) in [7, 11) is 6.72. The quantitative estimate of drug-likeness (QED) is 0.805. The van der Waals surface area contributed by atoms with Crippen molar-refractivity contribution in [1.82, 2.24) is 10.4 Å². The molecule has 0 aliphatic carbocycles. The zero-order valence-electron chi connectivity index (χ0n) is 11.5. The molecule has 0 heterocycles. The van der Waals surface area contributed by atoms with Gasteiger partial charge in [-0.2, -0.15) is 0 Å². The Bertz CT molecular complexity index is 419. The Balaban J connectivity index is 2.97. The molecule has 100 valence electrons. The first-order valence-corrected chi connectivity index (χ1v) is 5.69. The van der Waals surface area contributed by atoms with E-state index in [-0.39, 0.29) is 11.8 Å². The van der Waals surface area contributed by atoms with Gasteiger partial charge in [-0.15, -0.1) is 0 Å². The van der Waals surface area contributed by atoms with Crippen LogP contribution >= 0.6 is 0 Å². The third-order valence-electron chi connectivity index (χ3n) is 2.63. The van der Waals surface area contributed by atoms with Crippen LogP contribution in [0.1, 0.15) is 18.4 Å². The van der Waals surface area contributed by atoms with Gasteiger partial charge in [0.05, 0.1) is 20.1 Å². The molecule has 1 amide bonds. The van der Waals surface area contributed by atoms with Crippen molar-refractivity contribution in [2.24, 2.45) is 0 Å². The van der Waals surface area contributed by atoms with Crippen LogP contribution in [0.25, 0.3) is 0 Å². The summed E-state index contributed by atoms with van der Waals surface area (Å²) in [6.45, 7) is 1.84. The second-order valence-corrected chi connectivity index (χ2v) is 4.20. The minimum Gasteiger partial charge on any atom is -0.497 e. The van der Waals surface area contributed by atoms with Crippen LogP contribution in [0.4, 0.5) is 0 Å². The van der Waals surface area contributed by atoms with Gasteiger partial charge in [0.2, 0.25) is 5.91 Å². The number of nitrogens with zero attached hydrogens (tertiary/aromatic N) is 1. The average molecular weight is 252 g/mol. The molecule has 0 saturated carbocycles. The van der Waals surface area contributed by atoms with Gasteiger partial charge >= 0.3 is 0 Å². The lowest BCUT2D eigenvalue weighted by molar-refractivity contribution is -0.126. The number of hydrogen-bond donors (Lipinski definition) is 1. The largest absolute Gasteiger partial charge is 0.497 e. The Hall–Kier alpha value is -1.75. The average Bonchev–Trinajstić information content (AvgIpc) is 2.36. The van der Waals surface area contributed by atoms with Gasteiger partial charge < -0.3 is 9.47 Å². The fourth-order valence-corrected chi connectivity index (χ4v) is 1.63. The summed E-state index contributed by atoms with van der Waals surface area (Å²) in [6.07, 6.45) is 0. The smallest absolute Gasteiger partial charge is 0.241 e. The molecule has 1 aromatic rings. The molecule has 5 nitrogen and oxygen atoms in total. The van der Waals surface area contributed by atoms with Gasteiger partial charge in [-0.05, 0) is 13.0 Å². The molecule has 5 heteroatoms. The van der Waals surface area contributed by atoms with Gasteiger partial charge in [0.1, 0.15) is 11.5 Å². The number of amides is 1. The van der Waals surface area contributed by atoms with E-state index in [1.165, 1.54) is 0 Å². The molecule has 1 aromatic carbocycles. The molecule has 0 aliphatic heterocycles. The lowest BCUT2D eigenvalue weighted by Gasteiger charge is -2.19. The fraction of sp³-hybridized carbons (Fsp3) is 0.462. The number of benzene rings is 1. The maximum Gasteiger partial charge on any atom is 0.241 e. The Labute approximate surface area is 108 Å². The zero-order valence-corrected chi connectivity index (χ0v) is 11.5. The first-order chi connectivity index (χ1) is 8.49. The Morgan fingerprint density at radius 1 is 1.28 bits per heavy atom. The van der Waals surface area contributed by atoms with Gasteiger partial charge in [0.15, 0.2) is 0 Å². The van der Waals surface area contributed by atoms with Crippen molar-refractivity contribution in [2.45, 2.75) is 12.8 Å². The summed E-state index contributed by atoms with van der Waals surface area (Å²) < 4.78 is 10.4. The zero-order chi connectivity index (χ0) is 13.7. The van der Waals surface area contributed by atoms with Crippen LogP contribution in [-0.2, 0) is 4.79 Å². The standard InChI is InChI=1S/C13H20N2O3/c1-9(13(16)14-15(2)3)11-7-6-10(17-4)8-12(11)18-5/h6-9H,1-5H3,(H,14,16). The van der Waals surface area contributed by atoms with E-state index in [1.807, 2.05) is 19.1 Å². The molecule has 0 bridgehead atoms. The van der Waals surface area contributed by atoms with Gasteiger partial charge in [-0.1, -0.05) is 6.07 Å². The highest BCUT2D eigenvalue weighted by atomic mass is 16.5. The first kappa shape index (κ1) is 14.3. The van der Waals surface area contributed by atoms with Gasteiger partial charge in [0.25, 0.3) is 0 Å². The van der Waals surface area contributed by atoms with Crippen molar-refractivity contribution in [3.63, 3.8) is 0 Å². The second kappa shape index (κ2) is 6.26. The van der Waals surface area contributed by atoms with E-state index in [1.54, 1.807) is 39.4 Å². The van der Waals surface area contributed by atoms with E-state index in [0.29, 0.717) is 11.5 Å². The highest BCUT2D eigenvalue weighted by Gasteiger charge is 2.19. The molecule has 0 saturated heterocycles. The predicted molar refractivity (Wildman–Crippen MR) is 69.8 cm³/mol. The number of carbonyl (C=O) groups is 1. The van der Waals surface area contributed by atoms with Crippen molar-refractivity contribution in [3.05, 3.63) is 23.8 Å². The number of hydrazine groups is 1. The van der Waals surface area contributed by atoms with Crippen LogP contribution in [0.5, 0.6) is 11.5 Å². The lowest BCUT2D eigenvalue weighted by atomic mass is 9.99. The first-order valence-electron chi connectivity index (χ1n) is 5.69. The normalized spacial score (nSPS) is 12.1. The minimum absolute atomic E-state index is 0.0801. The minimum atomic E-state index is -0.298. The molecule has 18 heavy (non-hydrogen) atoms. The van der Waals surface area contributed by atoms with Crippen LogP contribution in [0, 0.1) is 0 Å². The van der Waals surface area contributed by atoms with Crippen LogP contribution in [0.15, 0.2) is 18.2 Å². The Morgan fingerprint density at radius 3 is 2.44 bits per heavy atom. The summed E-state index contributed by atoms with van der Waals surface area (Å²) >= 11 is 0. The number of ether oxygens (including phenoxy) is 2. The number of rotatable bonds is 5. The fourth-order valence-electron chi connectivity index (χ4n) is 1.63. The maximum absolute atomic E-state index is 11.9. The number of carbonyl (C=O) groups excluding carboxylic acids is 1. The third-order valence-corrected chi connectivity index (χ3v) is 2.63. The summed E-state index contributed by atoms with van der Waals surface area (Å²) in [6, 6.07) is 5.43. The van der Waals surface area contributed by atoms with Gasteiger partial charge in [-0.3, -0.25) is 10.2 Å². The monoisotopic (exact) mass is 252 g/mol. The number of methoxy groups -OCH3 is 2. The van der Waals surface area contributed by atoms with Crippen molar-refractivity contribution >= 4 is 5.91 Å². The summed E-state index contributed by atoms with van der Waals surface area (Å²) in [5.41, 5.74) is 3.56. The molecule has 0 aromatic heterocycles. The van der Waals surface area contributed by atoms with Gasteiger partial charge in [0, 0.05) is 25.7 Å². The molecule has 0 fully saturated rings. The van der Waals surface area contributed by atoms with Crippen LogP contribution < -0.4 is 14.9 Å². The van der Waals surface area contributed by atoms with Crippen molar-refractivity contribution in [3.8, 4) is 11.5 Å². The highest BCUT2D eigenvalue weighted by molar-refractivity contribution is 5.83. The molecule has 1 unspecified atom stereocenters. The van der Waals surface area contributed by atoms with E-state index >= 15 is 0 Å². The van der Waals surface area contributed by atoms with E-state index < -0.39 is 0 Å². The lowest BCUT2D eigenvalue weighted by Crippen LogP contribution is -2.38. The molecular weight excluding hydrogens is 232 g/mol. The third kappa shape index (κ3) is 3.37. The highest BCUT2D eigenvalue weighted by Crippen LogP contribution is 2.30. The summed E-state index contributed by atoms with van der Waals surface area (Å²) in [4.78, 5) is 11.9. The number of nitrogens with one attached hydrogen (secondary N) is 1. The molecule has 1 rings (SSSR count). The topological polar surface area (TPSA) is 50.8 Å². The van der Waals surface area contributed by atoms with Crippen LogP contribution in [0.3, 0.4) is 0 Å². The molecule has 1 N–H and O–H groups in total. The predicted octanol–water partition coefficient (Wildman–Crippen LogP) is 1.40. The van der Waals surface area contributed by atoms with E-state index in [4.69, 9.17) is 9.47 Å². The van der Waals surface area contributed by atoms with E-state index in [9.17, 15) is 4.79 Å². The summed E-state index contributed by atoms with van der Waals surface area (Å²) in [5, 5.41) is 1.62. The number of hydrogen-bond acceptors (Lipinski definition) is 4. The Kier molecular flexibility index (Phi) is 4.97. The van der Waals surface area contributed by atoms with Gasteiger partial charge in [-0.25, -0.2) is 5.01 Å². The van der Waals surface area contributed by atoms with Crippen molar-refractivity contribution in [2.75, 3.05) is 28.3 Å². The van der Waals surface area contributed by atoms with Crippen molar-refractivity contribution < 1.29 is 14.3 Å².